The molecule has 2 fully saturated rings. The van der Waals surface area contributed by atoms with E-state index in [4.69, 9.17) is 0 Å². The number of rotatable bonds is 5. The number of hydrogen-bond donors (Lipinski definition) is 0. The van der Waals surface area contributed by atoms with Gasteiger partial charge in [-0.15, -0.1) is 0 Å². The zero-order valence-electron chi connectivity index (χ0n) is 14.0. The number of sulfonamides is 1. The number of carbonyl (C=O) groups excluding carboxylic acids is 1. The molecule has 0 spiro atoms. The van der Waals surface area contributed by atoms with Gasteiger partial charge in [-0.05, 0) is 50.3 Å². The average Bonchev–Trinajstić information content (AvgIpc) is 2.63. The Morgan fingerprint density at radius 2 is 1.83 bits per heavy atom. The van der Waals surface area contributed by atoms with Crippen molar-refractivity contribution < 1.29 is 13.2 Å². The molecule has 0 bridgehead atoms. The maximum absolute atomic E-state index is 12.9. The van der Waals surface area contributed by atoms with Crippen LogP contribution in [-0.2, 0) is 14.8 Å². The van der Waals surface area contributed by atoms with Gasteiger partial charge in [0.05, 0.1) is 11.4 Å². The second-order valence-corrected chi connectivity index (χ2v) is 8.74. The lowest BCUT2D eigenvalue weighted by atomic mass is 9.85. The van der Waals surface area contributed by atoms with Crippen molar-refractivity contribution in [3.8, 4) is 0 Å². The van der Waals surface area contributed by atoms with Gasteiger partial charge in [0.2, 0.25) is 10.0 Å². The third kappa shape index (κ3) is 3.71. The molecule has 2 saturated heterocycles. The molecule has 2 aliphatic heterocycles. The Morgan fingerprint density at radius 3 is 2.58 bits per heavy atom. The molecule has 2 heterocycles. The van der Waals surface area contributed by atoms with Crippen LogP contribution in [0.2, 0.25) is 0 Å². The lowest BCUT2D eigenvalue weighted by molar-refractivity contribution is -0.110. The lowest BCUT2D eigenvalue weighted by Gasteiger charge is -2.43. The van der Waals surface area contributed by atoms with E-state index >= 15 is 0 Å². The molecule has 1 aromatic carbocycles. The van der Waals surface area contributed by atoms with Gasteiger partial charge in [0.25, 0.3) is 0 Å². The van der Waals surface area contributed by atoms with Crippen molar-refractivity contribution in [1.82, 2.24) is 9.21 Å². The Balaban J connectivity index is 1.75. The standard InChI is InChI=1S/C18H26N2O3S/c21-14-13-19-11-5-4-10-18(19)16-7-6-12-20(15-16)24(22,23)17-8-2-1-3-9-17/h1-3,8-9,14,16,18H,4-7,10-13,15H2. The minimum atomic E-state index is -3.42. The fourth-order valence-corrected chi connectivity index (χ4v) is 5.68. The number of aldehydes is 1. The van der Waals surface area contributed by atoms with E-state index in [-0.39, 0.29) is 0 Å². The summed E-state index contributed by atoms with van der Waals surface area (Å²) in [5.41, 5.74) is 0. The van der Waals surface area contributed by atoms with E-state index in [0.717, 1.165) is 38.5 Å². The first-order chi connectivity index (χ1) is 11.6. The van der Waals surface area contributed by atoms with Crippen LogP contribution in [0.15, 0.2) is 35.2 Å². The van der Waals surface area contributed by atoms with Gasteiger partial charge >= 0.3 is 0 Å². The quantitative estimate of drug-likeness (QED) is 0.764. The van der Waals surface area contributed by atoms with Gasteiger partial charge in [-0.25, -0.2) is 8.42 Å². The summed E-state index contributed by atoms with van der Waals surface area (Å²) in [5.74, 6) is 0.317. The van der Waals surface area contributed by atoms with E-state index in [1.807, 2.05) is 6.07 Å². The van der Waals surface area contributed by atoms with Crippen LogP contribution in [0.1, 0.15) is 32.1 Å². The molecule has 2 atom stereocenters. The molecule has 3 rings (SSSR count). The number of benzene rings is 1. The van der Waals surface area contributed by atoms with Gasteiger partial charge in [0, 0.05) is 19.1 Å². The third-order valence-corrected chi connectivity index (χ3v) is 7.20. The summed E-state index contributed by atoms with van der Waals surface area (Å²) in [6, 6.07) is 9.02. The van der Waals surface area contributed by atoms with Crippen molar-refractivity contribution in [2.45, 2.75) is 43.0 Å². The first-order valence-electron chi connectivity index (χ1n) is 8.86. The van der Waals surface area contributed by atoms with Crippen LogP contribution in [0.5, 0.6) is 0 Å². The highest BCUT2D eigenvalue weighted by atomic mass is 32.2. The van der Waals surface area contributed by atoms with Crippen LogP contribution in [0.25, 0.3) is 0 Å². The van der Waals surface area contributed by atoms with Gasteiger partial charge in [0.1, 0.15) is 6.29 Å². The molecule has 0 amide bonds. The van der Waals surface area contributed by atoms with Crippen molar-refractivity contribution in [2.24, 2.45) is 5.92 Å². The molecule has 0 N–H and O–H groups in total. The molecule has 0 saturated carbocycles. The van der Waals surface area contributed by atoms with Gasteiger partial charge < -0.3 is 4.79 Å². The van der Waals surface area contributed by atoms with E-state index in [9.17, 15) is 13.2 Å². The number of hydrogen-bond acceptors (Lipinski definition) is 4. The molecule has 2 unspecified atom stereocenters. The first-order valence-corrected chi connectivity index (χ1v) is 10.3. The van der Waals surface area contributed by atoms with Crippen molar-refractivity contribution in [3.63, 3.8) is 0 Å². The molecule has 1 aromatic rings. The van der Waals surface area contributed by atoms with Crippen LogP contribution >= 0.6 is 0 Å². The number of carbonyl (C=O) groups is 1. The van der Waals surface area contributed by atoms with E-state index in [2.05, 4.69) is 4.90 Å². The molecule has 132 valence electrons. The highest BCUT2D eigenvalue weighted by molar-refractivity contribution is 7.89. The molecule has 5 nitrogen and oxygen atoms in total. The van der Waals surface area contributed by atoms with E-state index < -0.39 is 10.0 Å². The lowest BCUT2D eigenvalue weighted by Crippen LogP contribution is -2.51. The van der Waals surface area contributed by atoms with Crippen LogP contribution in [0.4, 0.5) is 0 Å². The fourth-order valence-electron chi connectivity index (χ4n) is 4.12. The highest BCUT2D eigenvalue weighted by Gasteiger charge is 2.36. The molecular weight excluding hydrogens is 324 g/mol. The molecule has 6 heteroatoms. The molecule has 0 aliphatic carbocycles. The summed E-state index contributed by atoms with van der Waals surface area (Å²) >= 11 is 0. The smallest absolute Gasteiger partial charge is 0.243 e. The summed E-state index contributed by atoms with van der Waals surface area (Å²) in [6.07, 6.45) is 6.27. The van der Waals surface area contributed by atoms with E-state index in [0.29, 0.717) is 36.5 Å². The second kappa shape index (κ2) is 7.76. The molecule has 0 aromatic heterocycles. The zero-order chi connectivity index (χ0) is 17.0. The molecule has 2 aliphatic rings. The van der Waals surface area contributed by atoms with Crippen molar-refractivity contribution in [3.05, 3.63) is 30.3 Å². The summed E-state index contributed by atoms with van der Waals surface area (Å²) in [6.45, 7) is 2.57. The topological polar surface area (TPSA) is 57.7 Å². The minimum Gasteiger partial charge on any atom is -0.302 e. The highest BCUT2D eigenvalue weighted by Crippen LogP contribution is 2.31. The first kappa shape index (κ1) is 17.6. The van der Waals surface area contributed by atoms with Crippen molar-refractivity contribution >= 4 is 16.3 Å². The largest absolute Gasteiger partial charge is 0.302 e. The van der Waals surface area contributed by atoms with Gasteiger partial charge in [-0.3, -0.25) is 4.90 Å². The van der Waals surface area contributed by atoms with E-state index in [1.54, 1.807) is 28.6 Å². The number of piperidine rings is 2. The monoisotopic (exact) mass is 350 g/mol. The van der Waals surface area contributed by atoms with Crippen LogP contribution in [0, 0.1) is 5.92 Å². The number of nitrogens with zero attached hydrogens (tertiary/aromatic N) is 2. The Bertz CT molecular complexity index is 647. The fraction of sp³-hybridized carbons (Fsp3) is 0.611. The maximum Gasteiger partial charge on any atom is 0.243 e. The normalized spacial score (nSPS) is 27.0. The Labute approximate surface area is 144 Å². The molecule has 24 heavy (non-hydrogen) atoms. The minimum absolute atomic E-state index is 0.317. The van der Waals surface area contributed by atoms with Gasteiger partial charge in [-0.1, -0.05) is 24.6 Å². The van der Waals surface area contributed by atoms with Crippen LogP contribution in [0.3, 0.4) is 0 Å². The summed E-state index contributed by atoms with van der Waals surface area (Å²) < 4.78 is 27.4. The predicted octanol–water partition coefficient (Wildman–Crippen LogP) is 2.14. The molecule has 0 radical (unpaired) electrons. The predicted molar refractivity (Wildman–Crippen MR) is 93.2 cm³/mol. The van der Waals surface area contributed by atoms with Crippen LogP contribution < -0.4 is 0 Å². The zero-order valence-corrected chi connectivity index (χ0v) is 14.8. The van der Waals surface area contributed by atoms with Gasteiger partial charge in [-0.2, -0.15) is 4.31 Å². The number of likely N-dealkylation sites (tertiary alicyclic amines) is 1. The average molecular weight is 350 g/mol. The maximum atomic E-state index is 12.9. The summed E-state index contributed by atoms with van der Waals surface area (Å²) in [7, 11) is -3.42. The summed E-state index contributed by atoms with van der Waals surface area (Å²) in [5, 5.41) is 0. The Morgan fingerprint density at radius 1 is 1.04 bits per heavy atom. The Hall–Kier alpha value is -1.24. The van der Waals surface area contributed by atoms with Gasteiger partial charge in [0.15, 0.2) is 0 Å². The van der Waals surface area contributed by atoms with Crippen molar-refractivity contribution in [2.75, 3.05) is 26.2 Å². The molecular formula is C18H26N2O3S. The van der Waals surface area contributed by atoms with Crippen molar-refractivity contribution in [1.29, 1.82) is 0 Å². The Kier molecular flexibility index (Phi) is 5.69. The van der Waals surface area contributed by atoms with E-state index in [1.165, 1.54) is 6.42 Å². The second-order valence-electron chi connectivity index (χ2n) is 6.80. The third-order valence-electron chi connectivity index (χ3n) is 5.32. The van der Waals surface area contributed by atoms with Crippen LogP contribution in [-0.4, -0.2) is 56.1 Å². The summed E-state index contributed by atoms with van der Waals surface area (Å²) in [4.78, 5) is 13.6. The SMILES string of the molecule is O=CCN1CCCCC1C1CCCN(S(=O)(=O)c2ccccc2)C1.